The molecule has 0 saturated carbocycles. The number of aromatic amines is 1. The molecule has 0 atom stereocenters. The zero-order valence-electron chi connectivity index (χ0n) is 8.85. The summed E-state index contributed by atoms with van der Waals surface area (Å²) in [5.74, 6) is -0.145. The minimum atomic E-state index is -0.309. The first-order valence-electron chi connectivity index (χ1n) is 4.93. The maximum atomic E-state index is 12.7. The van der Waals surface area contributed by atoms with Crippen LogP contribution in [-0.2, 0) is 0 Å². The lowest BCUT2D eigenvalue weighted by Gasteiger charge is -1.97. The van der Waals surface area contributed by atoms with Gasteiger partial charge in [-0.15, -0.1) is 0 Å². The van der Waals surface area contributed by atoms with Crippen molar-refractivity contribution in [2.45, 2.75) is 0 Å². The highest BCUT2D eigenvalue weighted by Crippen LogP contribution is 2.09. The first-order chi connectivity index (χ1) is 8.16. The standard InChI is InChI=1S/C12H10FN3O/c13-9-4-1-8(2-5-9)3-6-10-11(14)15-7-16-12(10)17/h1-7H,(H3,14,15,16,17)/b6-3+. The largest absolute Gasteiger partial charge is 0.383 e. The molecule has 1 aromatic carbocycles. The van der Waals surface area contributed by atoms with Gasteiger partial charge in [-0.25, -0.2) is 9.37 Å². The highest BCUT2D eigenvalue weighted by atomic mass is 19.1. The lowest BCUT2D eigenvalue weighted by molar-refractivity contribution is 0.628. The number of H-pyrrole nitrogens is 1. The van der Waals surface area contributed by atoms with Crippen LogP contribution in [0.1, 0.15) is 11.1 Å². The van der Waals surface area contributed by atoms with E-state index in [0.717, 1.165) is 5.56 Å². The summed E-state index contributed by atoms with van der Waals surface area (Å²) in [4.78, 5) is 17.6. The van der Waals surface area contributed by atoms with Crippen LogP contribution in [0.3, 0.4) is 0 Å². The van der Waals surface area contributed by atoms with Gasteiger partial charge in [0.15, 0.2) is 0 Å². The van der Waals surface area contributed by atoms with Crippen LogP contribution < -0.4 is 11.3 Å². The van der Waals surface area contributed by atoms with E-state index in [1.54, 1.807) is 24.3 Å². The number of halogens is 1. The molecule has 0 aliphatic heterocycles. The van der Waals surface area contributed by atoms with Gasteiger partial charge in [-0.05, 0) is 23.8 Å². The van der Waals surface area contributed by atoms with Crippen molar-refractivity contribution in [1.29, 1.82) is 0 Å². The second-order valence-electron chi connectivity index (χ2n) is 3.42. The average Bonchev–Trinajstić information content (AvgIpc) is 2.31. The fourth-order valence-corrected chi connectivity index (χ4v) is 1.34. The minimum absolute atomic E-state index is 0.159. The molecule has 0 fully saturated rings. The zero-order chi connectivity index (χ0) is 12.3. The van der Waals surface area contributed by atoms with Crippen LogP contribution in [0, 0.1) is 5.82 Å². The van der Waals surface area contributed by atoms with E-state index in [0.29, 0.717) is 0 Å². The van der Waals surface area contributed by atoms with Crippen LogP contribution in [0.25, 0.3) is 12.2 Å². The van der Waals surface area contributed by atoms with Gasteiger partial charge in [0, 0.05) is 0 Å². The number of anilines is 1. The Balaban J connectivity index is 2.32. The Labute approximate surface area is 96.6 Å². The first-order valence-corrected chi connectivity index (χ1v) is 4.93. The van der Waals surface area contributed by atoms with Crippen LogP contribution >= 0.6 is 0 Å². The molecule has 2 aromatic rings. The van der Waals surface area contributed by atoms with Crippen molar-refractivity contribution >= 4 is 18.0 Å². The molecule has 1 heterocycles. The second-order valence-corrected chi connectivity index (χ2v) is 3.42. The summed E-state index contributed by atoms with van der Waals surface area (Å²) < 4.78 is 12.7. The summed E-state index contributed by atoms with van der Waals surface area (Å²) in [6, 6.07) is 5.90. The Bertz CT molecular complexity index is 602. The Morgan fingerprint density at radius 1 is 1.24 bits per heavy atom. The van der Waals surface area contributed by atoms with Gasteiger partial charge in [-0.3, -0.25) is 4.79 Å². The van der Waals surface area contributed by atoms with E-state index in [4.69, 9.17) is 5.73 Å². The molecular formula is C12H10FN3O. The summed E-state index contributed by atoms with van der Waals surface area (Å²) in [6.45, 7) is 0. The van der Waals surface area contributed by atoms with E-state index in [1.165, 1.54) is 18.5 Å². The predicted octanol–water partition coefficient (Wildman–Crippen LogP) is 1.66. The maximum Gasteiger partial charge on any atom is 0.260 e. The van der Waals surface area contributed by atoms with E-state index in [2.05, 4.69) is 9.97 Å². The summed E-state index contributed by atoms with van der Waals surface area (Å²) in [5.41, 5.74) is 6.32. The third kappa shape index (κ3) is 2.57. The molecule has 0 saturated heterocycles. The topological polar surface area (TPSA) is 71.8 Å². The number of hydrogen-bond donors (Lipinski definition) is 2. The number of nitrogens with two attached hydrogens (primary N) is 1. The second kappa shape index (κ2) is 4.61. The molecule has 0 aliphatic rings. The molecule has 0 spiro atoms. The Kier molecular flexibility index (Phi) is 3.00. The van der Waals surface area contributed by atoms with Gasteiger partial charge in [-0.2, -0.15) is 0 Å². The lowest BCUT2D eigenvalue weighted by Crippen LogP contribution is -2.12. The van der Waals surface area contributed by atoms with Crippen molar-refractivity contribution in [3.05, 3.63) is 57.9 Å². The third-order valence-corrected chi connectivity index (χ3v) is 2.23. The molecule has 0 radical (unpaired) electrons. The number of benzene rings is 1. The maximum absolute atomic E-state index is 12.7. The summed E-state index contributed by atoms with van der Waals surface area (Å²) in [6.07, 6.45) is 4.46. The Morgan fingerprint density at radius 2 is 1.94 bits per heavy atom. The normalized spacial score (nSPS) is 10.9. The van der Waals surface area contributed by atoms with Gasteiger partial charge in [0.05, 0.1) is 11.9 Å². The molecule has 86 valence electrons. The smallest absolute Gasteiger partial charge is 0.260 e. The van der Waals surface area contributed by atoms with Crippen LogP contribution in [0.4, 0.5) is 10.2 Å². The van der Waals surface area contributed by atoms with Crippen molar-refractivity contribution in [2.24, 2.45) is 0 Å². The van der Waals surface area contributed by atoms with Crippen LogP contribution in [-0.4, -0.2) is 9.97 Å². The fourth-order valence-electron chi connectivity index (χ4n) is 1.34. The molecule has 17 heavy (non-hydrogen) atoms. The summed E-state index contributed by atoms with van der Waals surface area (Å²) in [5, 5.41) is 0. The Morgan fingerprint density at radius 3 is 2.59 bits per heavy atom. The van der Waals surface area contributed by atoms with Gasteiger partial charge >= 0.3 is 0 Å². The molecule has 5 heteroatoms. The van der Waals surface area contributed by atoms with E-state index in [9.17, 15) is 9.18 Å². The highest BCUT2D eigenvalue weighted by molar-refractivity contribution is 5.73. The van der Waals surface area contributed by atoms with Crippen LogP contribution in [0.15, 0.2) is 35.4 Å². The van der Waals surface area contributed by atoms with Gasteiger partial charge in [0.2, 0.25) is 0 Å². The predicted molar refractivity (Wildman–Crippen MR) is 64.6 cm³/mol. The third-order valence-electron chi connectivity index (χ3n) is 2.23. The number of nitrogens with zero attached hydrogens (tertiary/aromatic N) is 1. The summed E-state index contributed by atoms with van der Waals surface area (Å²) >= 11 is 0. The summed E-state index contributed by atoms with van der Waals surface area (Å²) in [7, 11) is 0. The lowest BCUT2D eigenvalue weighted by atomic mass is 10.2. The quantitative estimate of drug-likeness (QED) is 0.825. The van der Waals surface area contributed by atoms with Crippen LogP contribution in [0.5, 0.6) is 0 Å². The van der Waals surface area contributed by atoms with Gasteiger partial charge in [0.1, 0.15) is 11.6 Å². The zero-order valence-corrected chi connectivity index (χ0v) is 8.85. The minimum Gasteiger partial charge on any atom is -0.383 e. The van der Waals surface area contributed by atoms with Crippen molar-refractivity contribution < 1.29 is 4.39 Å². The molecule has 0 aliphatic carbocycles. The fraction of sp³-hybridized carbons (Fsp3) is 0. The monoisotopic (exact) mass is 231 g/mol. The van der Waals surface area contributed by atoms with Gasteiger partial charge in [-0.1, -0.05) is 18.2 Å². The van der Waals surface area contributed by atoms with Gasteiger partial charge in [0.25, 0.3) is 5.56 Å². The molecule has 0 amide bonds. The molecule has 2 rings (SSSR count). The van der Waals surface area contributed by atoms with Crippen molar-refractivity contribution in [2.75, 3.05) is 5.73 Å². The van der Waals surface area contributed by atoms with Crippen molar-refractivity contribution in [3.8, 4) is 0 Å². The highest BCUT2D eigenvalue weighted by Gasteiger charge is 2.00. The van der Waals surface area contributed by atoms with E-state index in [-0.39, 0.29) is 22.8 Å². The van der Waals surface area contributed by atoms with Crippen molar-refractivity contribution in [3.63, 3.8) is 0 Å². The van der Waals surface area contributed by atoms with Gasteiger partial charge < -0.3 is 10.7 Å². The molecule has 4 nitrogen and oxygen atoms in total. The molecular weight excluding hydrogens is 221 g/mol. The van der Waals surface area contributed by atoms with Crippen LogP contribution in [0.2, 0.25) is 0 Å². The number of nitrogen functional groups attached to an aromatic ring is 1. The van der Waals surface area contributed by atoms with E-state index >= 15 is 0 Å². The number of aromatic nitrogens is 2. The first kappa shape index (κ1) is 11.1. The van der Waals surface area contributed by atoms with Crippen molar-refractivity contribution in [1.82, 2.24) is 9.97 Å². The molecule has 0 bridgehead atoms. The Hall–Kier alpha value is -2.43. The number of rotatable bonds is 2. The number of hydrogen-bond acceptors (Lipinski definition) is 3. The molecule has 0 unspecified atom stereocenters. The average molecular weight is 231 g/mol. The number of nitrogens with one attached hydrogen (secondary N) is 1. The SMILES string of the molecule is Nc1nc[nH]c(=O)c1/C=C/c1ccc(F)cc1. The van der Waals surface area contributed by atoms with E-state index < -0.39 is 0 Å². The molecule has 1 aromatic heterocycles. The van der Waals surface area contributed by atoms with E-state index in [1.807, 2.05) is 0 Å². The molecule has 3 N–H and O–H groups in total.